The Morgan fingerprint density at radius 2 is 2.13 bits per heavy atom. The van der Waals surface area contributed by atoms with Crippen molar-refractivity contribution in [2.24, 2.45) is 0 Å². The van der Waals surface area contributed by atoms with Gasteiger partial charge in [0.15, 0.2) is 0 Å². The predicted molar refractivity (Wildman–Crippen MR) is 58.9 cm³/mol. The Morgan fingerprint density at radius 1 is 1.40 bits per heavy atom. The summed E-state index contributed by atoms with van der Waals surface area (Å²) in [6, 6.07) is 4.65. The molecule has 0 spiro atoms. The van der Waals surface area contributed by atoms with Crippen molar-refractivity contribution in [2.45, 2.75) is 11.1 Å². The van der Waals surface area contributed by atoms with Crippen LogP contribution in [0.1, 0.15) is 5.69 Å². The number of aryl methyl sites for hydroxylation is 1. The molecule has 0 aromatic carbocycles. The summed E-state index contributed by atoms with van der Waals surface area (Å²) in [5.41, 5.74) is 0.654. The summed E-state index contributed by atoms with van der Waals surface area (Å²) < 4.78 is 25.4. The molecule has 0 radical (unpaired) electrons. The molecule has 0 unspecified atom stereocenters. The topological polar surface area (TPSA) is 52.0 Å². The Kier molecular flexibility index (Phi) is 2.57. The first-order chi connectivity index (χ1) is 7.00. The maximum atomic E-state index is 11.9. The molecule has 0 amide bonds. The van der Waals surface area contributed by atoms with Gasteiger partial charge in [-0.05, 0) is 25.1 Å². The highest BCUT2D eigenvalue weighted by Gasteiger charge is 2.19. The second-order valence-corrected chi connectivity index (χ2v) is 6.63. The summed E-state index contributed by atoms with van der Waals surface area (Å²) in [4.78, 5) is 0. The van der Waals surface area contributed by atoms with Crippen molar-refractivity contribution in [3.63, 3.8) is 0 Å². The lowest BCUT2D eigenvalue weighted by Crippen LogP contribution is -2.12. The lowest BCUT2D eigenvalue weighted by Gasteiger charge is -1.99. The van der Waals surface area contributed by atoms with E-state index in [1.807, 2.05) is 0 Å². The fourth-order valence-corrected chi connectivity index (χ4v) is 3.77. The molecule has 2 aromatic heterocycles. The predicted octanol–water partition coefficient (Wildman–Crippen LogP) is 2.14. The maximum absolute atomic E-state index is 11.9. The average Bonchev–Trinajstić information content (AvgIpc) is 2.74. The highest BCUT2D eigenvalue weighted by atomic mass is 35.5. The summed E-state index contributed by atoms with van der Waals surface area (Å²) in [7, 11) is -3.56. The molecule has 15 heavy (non-hydrogen) atoms. The molecule has 80 valence electrons. The van der Waals surface area contributed by atoms with Crippen molar-refractivity contribution in [3.8, 4) is 0 Å². The Labute approximate surface area is 96.2 Å². The average molecular weight is 263 g/mol. The SMILES string of the molecule is Cc1ccn(S(=O)(=O)c2ccc(Cl)s2)n1. The summed E-state index contributed by atoms with van der Waals surface area (Å²) in [6.45, 7) is 1.73. The van der Waals surface area contributed by atoms with Crippen molar-refractivity contribution in [2.75, 3.05) is 0 Å². The number of halogens is 1. The zero-order valence-corrected chi connectivity index (χ0v) is 10.1. The van der Waals surface area contributed by atoms with Crippen molar-refractivity contribution in [1.29, 1.82) is 0 Å². The maximum Gasteiger partial charge on any atom is 0.292 e. The van der Waals surface area contributed by atoms with Gasteiger partial charge in [-0.2, -0.15) is 17.6 Å². The van der Waals surface area contributed by atoms with E-state index in [1.165, 1.54) is 12.3 Å². The summed E-state index contributed by atoms with van der Waals surface area (Å²) in [5, 5.41) is 3.86. The highest BCUT2D eigenvalue weighted by Crippen LogP contribution is 2.26. The van der Waals surface area contributed by atoms with Gasteiger partial charge in [-0.3, -0.25) is 0 Å². The molecular formula is C8H7ClN2O2S2. The fraction of sp³-hybridized carbons (Fsp3) is 0.125. The zero-order valence-electron chi connectivity index (χ0n) is 7.71. The Hall–Kier alpha value is -0.850. The lowest BCUT2D eigenvalue weighted by molar-refractivity contribution is 0.581. The van der Waals surface area contributed by atoms with Crippen LogP contribution in [0.3, 0.4) is 0 Å². The minimum absolute atomic E-state index is 0.190. The number of rotatable bonds is 2. The lowest BCUT2D eigenvalue weighted by atomic mass is 10.5. The van der Waals surface area contributed by atoms with Gasteiger partial charge in [-0.25, -0.2) is 0 Å². The van der Waals surface area contributed by atoms with Gasteiger partial charge in [0.2, 0.25) is 0 Å². The zero-order chi connectivity index (χ0) is 11.1. The molecule has 2 heterocycles. The van der Waals surface area contributed by atoms with Crippen LogP contribution >= 0.6 is 22.9 Å². The highest BCUT2D eigenvalue weighted by molar-refractivity contribution is 7.92. The van der Waals surface area contributed by atoms with E-state index in [0.29, 0.717) is 10.0 Å². The van der Waals surface area contributed by atoms with Crippen LogP contribution in [-0.4, -0.2) is 17.6 Å². The first-order valence-corrected chi connectivity index (χ1v) is 6.67. The Bertz CT molecular complexity index is 539. The monoisotopic (exact) mass is 262 g/mol. The van der Waals surface area contributed by atoms with Crippen LogP contribution in [0.2, 0.25) is 4.34 Å². The molecule has 0 bridgehead atoms. The Morgan fingerprint density at radius 3 is 2.60 bits per heavy atom. The van der Waals surface area contributed by atoms with Crippen LogP contribution in [0.5, 0.6) is 0 Å². The van der Waals surface area contributed by atoms with Crippen LogP contribution < -0.4 is 0 Å². The van der Waals surface area contributed by atoms with E-state index >= 15 is 0 Å². The first kappa shape index (κ1) is 10.7. The Balaban J connectivity index is 2.53. The third-order valence-corrected chi connectivity index (χ3v) is 5.00. The van der Waals surface area contributed by atoms with E-state index in [1.54, 1.807) is 19.1 Å². The molecule has 0 aliphatic rings. The summed E-state index contributed by atoms with van der Waals surface area (Å²) >= 11 is 6.70. The van der Waals surface area contributed by atoms with Crippen LogP contribution in [0, 0.1) is 6.92 Å². The normalized spacial score (nSPS) is 11.9. The van der Waals surface area contributed by atoms with Gasteiger partial charge in [0.05, 0.1) is 10.0 Å². The largest absolute Gasteiger partial charge is 0.292 e. The first-order valence-electron chi connectivity index (χ1n) is 4.03. The van der Waals surface area contributed by atoms with E-state index in [9.17, 15) is 8.42 Å². The number of thiophene rings is 1. The van der Waals surface area contributed by atoms with Crippen LogP contribution in [0.4, 0.5) is 0 Å². The summed E-state index contributed by atoms with van der Waals surface area (Å²) in [5.74, 6) is 0. The molecule has 0 atom stereocenters. The molecular weight excluding hydrogens is 256 g/mol. The molecule has 0 saturated heterocycles. The van der Waals surface area contributed by atoms with Gasteiger partial charge < -0.3 is 0 Å². The quantitative estimate of drug-likeness (QED) is 0.833. The minimum Gasteiger partial charge on any atom is -0.198 e. The molecule has 0 N–H and O–H groups in total. The van der Waals surface area contributed by atoms with E-state index in [0.717, 1.165) is 15.4 Å². The van der Waals surface area contributed by atoms with Crippen LogP contribution in [0.15, 0.2) is 28.6 Å². The molecule has 4 nitrogen and oxygen atoms in total. The van der Waals surface area contributed by atoms with Gasteiger partial charge >= 0.3 is 0 Å². The van der Waals surface area contributed by atoms with Crippen LogP contribution in [-0.2, 0) is 10.0 Å². The second kappa shape index (κ2) is 3.62. The van der Waals surface area contributed by atoms with Crippen molar-refractivity contribution >= 4 is 33.0 Å². The van der Waals surface area contributed by atoms with Crippen molar-refractivity contribution < 1.29 is 8.42 Å². The summed E-state index contributed by atoms with van der Waals surface area (Å²) in [6.07, 6.45) is 1.41. The molecule has 0 saturated carbocycles. The molecule has 0 aliphatic heterocycles. The van der Waals surface area contributed by atoms with Crippen molar-refractivity contribution in [3.05, 3.63) is 34.4 Å². The third-order valence-electron chi connectivity index (χ3n) is 1.75. The second-order valence-electron chi connectivity index (χ2n) is 2.89. The number of hydrogen-bond donors (Lipinski definition) is 0. The van der Waals surface area contributed by atoms with Gasteiger partial charge in [-0.15, -0.1) is 11.3 Å². The van der Waals surface area contributed by atoms with Gasteiger partial charge in [0.1, 0.15) is 4.21 Å². The standard InChI is InChI=1S/C8H7ClN2O2S2/c1-6-4-5-11(10-6)15(12,13)8-3-2-7(9)14-8/h2-5H,1H3. The number of hydrogen-bond acceptors (Lipinski definition) is 4. The molecule has 0 aliphatic carbocycles. The van der Waals surface area contributed by atoms with E-state index in [4.69, 9.17) is 11.6 Å². The van der Waals surface area contributed by atoms with Gasteiger partial charge in [-0.1, -0.05) is 11.6 Å². The number of aromatic nitrogens is 2. The number of nitrogens with zero attached hydrogens (tertiary/aromatic N) is 2. The molecule has 2 aromatic rings. The third kappa shape index (κ3) is 1.92. The van der Waals surface area contributed by atoms with Gasteiger partial charge in [0.25, 0.3) is 10.0 Å². The molecule has 0 fully saturated rings. The van der Waals surface area contributed by atoms with E-state index in [2.05, 4.69) is 5.10 Å². The molecule has 2 rings (SSSR count). The molecule has 7 heteroatoms. The fourth-order valence-electron chi connectivity index (χ4n) is 1.06. The van der Waals surface area contributed by atoms with E-state index in [-0.39, 0.29) is 4.21 Å². The van der Waals surface area contributed by atoms with Crippen LogP contribution in [0.25, 0.3) is 0 Å². The smallest absolute Gasteiger partial charge is 0.198 e. The van der Waals surface area contributed by atoms with E-state index < -0.39 is 10.0 Å². The van der Waals surface area contributed by atoms with Gasteiger partial charge in [0, 0.05) is 6.20 Å². The van der Waals surface area contributed by atoms with Crippen molar-refractivity contribution in [1.82, 2.24) is 9.19 Å². The minimum atomic E-state index is -3.56.